The molecule has 2 atom stereocenters. The smallest absolute Gasteiger partial charge is 0.191 e. The first-order chi connectivity index (χ1) is 21.7. The SMILES string of the molecule is C[Si](C)(CCCNC(=NC1CCCCC1)NC1CCCCC1)O[Si](C)(C)CCCC1CCCCC1N=C(N)NC1CCCCC1. The van der Waals surface area contributed by atoms with Gasteiger partial charge in [-0.25, -0.2) is 9.98 Å². The van der Waals surface area contributed by atoms with Gasteiger partial charge >= 0.3 is 0 Å². The molecule has 4 aliphatic carbocycles. The molecule has 9 heteroatoms. The molecule has 0 bridgehead atoms. The van der Waals surface area contributed by atoms with E-state index < -0.39 is 16.6 Å². The van der Waals surface area contributed by atoms with Crippen molar-refractivity contribution in [2.75, 3.05) is 6.54 Å². The maximum atomic E-state index is 7.09. The molecule has 4 fully saturated rings. The quantitative estimate of drug-likeness (QED) is 0.0648. The van der Waals surface area contributed by atoms with Crippen molar-refractivity contribution in [1.29, 1.82) is 0 Å². The Morgan fingerprint density at radius 1 is 0.644 bits per heavy atom. The van der Waals surface area contributed by atoms with Crippen LogP contribution in [0.25, 0.3) is 0 Å². The zero-order valence-electron chi connectivity index (χ0n) is 29.9. The van der Waals surface area contributed by atoms with Crippen LogP contribution in [-0.4, -0.2) is 59.3 Å². The number of hydrogen-bond donors (Lipinski definition) is 4. The summed E-state index contributed by atoms with van der Waals surface area (Å²) in [7, 11) is -3.44. The summed E-state index contributed by atoms with van der Waals surface area (Å²) in [6, 6.07) is 4.51. The molecule has 0 aromatic heterocycles. The number of nitrogens with zero attached hydrogens (tertiary/aromatic N) is 2. The van der Waals surface area contributed by atoms with Crippen LogP contribution in [0.3, 0.4) is 0 Å². The van der Waals surface area contributed by atoms with Gasteiger partial charge in [-0.05, 0) is 108 Å². The van der Waals surface area contributed by atoms with Gasteiger partial charge < -0.3 is 25.8 Å². The van der Waals surface area contributed by atoms with Crippen LogP contribution in [-0.2, 0) is 4.12 Å². The highest BCUT2D eigenvalue weighted by Crippen LogP contribution is 2.33. The van der Waals surface area contributed by atoms with E-state index in [2.05, 4.69) is 42.1 Å². The number of guanidine groups is 2. The summed E-state index contributed by atoms with van der Waals surface area (Å²) in [5.41, 5.74) is 6.43. The van der Waals surface area contributed by atoms with Crippen LogP contribution in [0.1, 0.15) is 141 Å². The summed E-state index contributed by atoms with van der Waals surface area (Å²) in [6.07, 6.45) is 28.6. The topological polar surface area (TPSA) is 96.1 Å². The van der Waals surface area contributed by atoms with Crippen molar-refractivity contribution >= 4 is 28.6 Å². The molecule has 0 saturated heterocycles. The predicted octanol–water partition coefficient (Wildman–Crippen LogP) is 8.58. The molecule has 0 heterocycles. The zero-order valence-corrected chi connectivity index (χ0v) is 31.9. The van der Waals surface area contributed by atoms with Crippen LogP contribution in [0.4, 0.5) is 0 Å². The summed E-state index contributed by atoms with van der Waals surface area (Å²) < 4.78 is 7.09. The highest BCUT2D eigenvalue weighted by Gasteiger charge is 2.33. The van der Waals surface area contributed by atoms with Gasteiger partial charge in [-0.3, -0.25) is 0 Å². The van der Waals surface area contributed by atoms with Gasteiger partial charge in [-0.15, -0.1) is 0 Å². The predicted molar refractivity (Wildman–Crippen MR) is 199 cm³/mol. The Kier molecular flexibility index (Phi) is 15.6. The maximum Gasteiger partial charge on any atom is 0.191 e. The highest BCUT2D eigenvalue weighted by molar-refractivity contribution is 6.84. The molecule has 4 saturated carbocycles. The second-order valence-electron chi connectivity index (χ2n) is 16.4. The molecule has 5 N–H and O–H groups in total. The maximum absolute atomic E-state index is 7.09. The standard InChI is InChI=1S/C36H72N6OSi2/c1-44(2,28-16-19-30-18-14-15-26-34(30)42-35(37)39-31-20-8-5-9-21-31)43-45(3,4)29-17-27-38-36(40-32-22-10-6-11-23-32)41-33-24-12-7-13-25-33/h30-34H,5-29H2,1-4H3,(H3,37,39,42)(H2,38,40,41). The summed E-state index contributed by atoms with van der Waals surface area (Å²) in [5, 5.41) is 11.1. The first-order valence-corrected chi connectivity index (χ1v) is 25.8. The largest absolute Gasteiger partial charge is 0.455 e. The third-order valence-corrected chi connectivity index (χ3v) is 18.7. The van der Waals surface area contributed by atoms with Crippen LogP contribution in [0.2, 0.25) is 38.3 Å². The Labute approximate surface area is 279 Å². The minimum atomic E-state index is -1.73. The number of aliphatic imine (C=N–C) groups is 2. The molecule has 0 aliphatic heterocycles. The number of hydrogen-bond acceptors (Lipinski definition) is 3. The molecule has 0 radical (unpaired) electrons. The summed E-state index contributed by atoms with van der Waals surface area (Å²) >= 11 is 0. The molecule has 0 amide bonds. The second-order valence-corrected chi connectivity index (χ2v) is 25.3. The van der Waals surface area contributed by atoms with Crippen molar-refractivity contribution in [2.24, 2.45) is 21.6 Å². The van der Waals surface area contributed by atoms with E-state index in [-0.39, 0.29) is 0 Å². The van der Waals surface area contributed by atoms with Crippen molar-refractivity contribution < 1.29 is 4.12 Å². The van der Waals surface area contributed by atoms with Gasteiger partial charge in [0.2, 0.25) is 0 Å². The van der Waals surface area contributed by atoms with Crippen molar-refractivity contribution in [3.8, 4) is 0 Å². The first kappa shape index (κ1) is 36.8. The highest BCUT2D eigenvalue weighted by atomic mass is 28.4. The molecule has 45 heavy (non-hydrogen) atoms. The lowest BCUT2D eigenvalue weighted by Gasteiger charge is -2.35. The van der Waals surface area contributed by atoms with Gasteiger partial charge in [-0.2, -0.15) is 0 Å². The molecular weight excluding hydrogens is 589 g/mol. The van der Waals surface area contributed by atoms with Gasteiger partial charge in [0.1, 0.15) is 0 Å². The fourth-order valence-electron chi connectivity index (χ4n) is 8.69. The molecule has 260 valence electrons. The van der Waals surface area contributed by atoms with E-state index in [1.165, 1.54) is 147 Å². The number of rotatable bonds is 14. The minimum Gasteiger partial charge on any atom is -0.455 e. The van der Waals surface area contributed by atoms with E-state index >= 15 is 0 Å². The Bertz CT molecular complexity index is 894. The Balaban J connectivity index is 1.18. The fraction of sp³-hybridized carbons (Fsp3) is 0.944. The van der Waals surface area contributed by atoms with Crippen molar-refractivity contribution in [3.63, 3.8) is 0 Å². The molecule has 0 aromatic rings. The number of nitrogens with one attached hydrogen (secondary N) is 3. The molecule has 0 spiro atoms. The minimum absolute atomic E-state index is 0.401. The molecular formula is C36H72N6OSi2. The van der Waals surface area contributed by atoms with Crippen molar-refractivity contribution in [2.45, 2.75) is 204 Å². The third kappa shape index (κ3) is 14.3. The van der Waals surface area contributed by atoms with Gasteiger partial charge in [-0.1, -0.05) is 77.0 Å². The molecule has 7 nitrogen and oxygen atoms in total. The molecule has 4 rings (SSSR count). The lowest BCUT2D eigenvalue weighted by molar-refractivity contribution is 0.289. The van der Waals surface area contributed by atoms with Crippen LogP contribution >= 0.6 is 0 Å². The molecule has 0 aromatic carbocycles. The summed E-state index contributed by atoms with van der Waals surface area (Å²) in [4.78, 5) is 10.3. The fourth-order valence-corrected chi connectivity index (χ4v) is 17.6. The summed E-state index contributed by atoms with van der Waals surface area (Å²) in [6.45, 7) is 10.8. The number of nitrogens with two attached hydrogens (primary N) is 1. The van der Waals surface area contributed by atoms with Crippen LogP contribution in [0.5, 0.6) is 0 Å². The van der Waals surface area contributed by atoms with Crippen LogP contribution < -0.4 is 21.7 Å². The molecule has 4 aliphatic rings. The lowest BCUT2D eigenvalue weighted by atomic mass is 9.82. The van der Waals surface area contributed by atoms with Gasteiger partial charge in [0.15, 0.2) is 28.6 Å². The van der Waals surface area contributed by atoms with E-state index in [0.717, 1.165) is 18.9 Å². The van der Waals surface area contributed by atoms with E-state index in [1.54, 1.807) is 0 Å². The monoisotopic (exact) mass is 661 g/mol. The molecule has 2 unspecified atom stereocenters. The van der Waals surface area contributed by atoms with Gasteiger partial charge in [0.25, 0.3) is 0 Å². The zero-order chi connectivity index (χ0) is 32.0. The first-order valence-electron chi connectivity index (χ1n) is 19.6. The van der Waals surface area contributed by atoms with Crippen molar-refractivity contribution in [3.05, 3.63) is 0 Å². The van der Waals surface area contributed by atoms with Crippen molar-refractivity contribution in [1.82, 2.24) is 16.0 Å². The Hall–Kier alpha value is -1.07. The Morgan fingerprint density at radius 2 is 1.18 bits per heavy atom. The van der Waals surface area contributed by atoms with E-state index in [0.29, 0.717) is 36.0 Å². The lowest BCUT2D eigenvalue weighted by Crippen LogP contribution is -2.46. The average Bonchev–Trinajstić information content (AvgIpc) is 3.01. The third-order valence-electron chi connectivity index (χ3n) is 11.1. The van der Waals surface area contributed by atoms with Gasteiger partial charge in [0, 0.05) is 18.6 Å². The van der Waals surface area contributed by atoms with E-state index in [1.807, 2.05) is 0 Å². The van der Waals surface area contributed by atoms with Crippen LogP contribution in [0.15, 0.2) is 9.98 Å². The second kappa shape index (κ2) is 19.1. The average molecular weight is 661 g/mol. The Morgan fingerprint density at radius 3 is 1.82 bits per heavy atom. The van der Waals surface area contributed by atoms with Crippen LogP contribution in [0, 0.1) is 5.92 Å². The summed E-state index contributed by atoms with van der Waals surface area (Å²) in [5.74, 6) is 2.47. The van der Waals surface area contributed by atoms with Gasteiger partial charge in [0.05, 0.1) is 12.1 Å². The normalized spacial score (nSPS) is 25.7. The van der Waals surface area contributed by atoms with E-state index in [4.69, 9.17) is 19.8 Å². The van der Waals surface area contributed by atoms with E-state index in [9.17, 15) is 0 Å².